The molecule has 124 valence electrons. The van der Waals surface area contributed by atoms with Crippen LogP contribution in [0.4, 0.5) is 4.79 Å². The van der Waals surface area contributed by atoms with Gasteiger partial charge in [0.1, 0.15) is 5.60 Å². The number of benzene rings is 1. The number of carbonyl (C=O) groups is 2. The Morgan fingerprint density at radius 2 is 2.00 bits per heavy atom. The minimum absolute atomic E-state index is 0.0729. The number of aliphatic carboxylic acids is 1. The summed E-state index contributed by atoms with van der Waals surface area (Å²) in [4.78, 5) is 22.8. The molecular formula is C16H20N2O5. The summed E-state index contributed by atoms with van der Waals surface area (Å²) in [6, 6.07) is 7.64. The molecule has 1 aromatic carbocycles. The van der Waals surface area contributed by atoms with Crippen molar-refractivity contribution >= 4 is 12.1 Å². The molecule has 1 atom stereocenters. The highest BCUT2D eigenvalue weighted by Gasteiger charge is 2.24. The Labute approximate surface area is 134 Å². The second-order valence-electron chi connectivity index (χ2n) is 5.82. The number of carbonyl (C=O) groups excluding carboxylic acids is 1. The van der Waals surface area contributed by atoms with Crippen LogP contribution < -0.4 is 5.32 Å². The van der Waals surface area contributed by atoms with E-state index >= 15 is 0 Å². The van der Waals surface area contributed by atoms with Gasteiger partial charge >= 0.3 is 12.1 Å². The van der Waals surface area contributed by atoms with Crippen LogP contribution in [0.15, 0.2) is 24.3 Å². The number of amides is 1. The maximum Gasteiger partial charge on any atom is 0.408 e. The van der Waals surface area contributed by atoms with Gasteiger partial charge in [0.25, 0.3) is 0 Å². The molecule has 7 nitrogen and oxygen atoms in total. The van der Waals surface area contributed by atoms with Crippen LogP contribution >= 0.6 is 0 Å². The number of nitriles is 1. The molecular weight excluding hydrogens is 300 g/mol. The first-order valence-corrected chi connectivity index (χ1v) is 7.01. The van der Waals surface area contributed by atoms with Crippen molar-refractivity contribution in [1.29, 1.82) is 5.26 Å². The molecule has 1 rings (SSSR count). The van der Waals surface area contributed by atoms with Crippen molar-refractivity contribution in [2.45, 2.75) is 39.0 Å². The van der Waals surface area contributed by atoms with Gasteiger partial charge in [0.15, 0.2) is 6.04 Å². The van der Waals surface area contributed by atoms with Gasteiger partial charge in [-0.05, 0) is 32.4 Å². The number of nitrogens with one attached hydrogen (secondary N) is 1. The van der Waals surface area contributed by atoms with Crippen molar-refractivity contribution < 1.29 is 24.2 Å². The van der Waals surface area contributed by atoms with Gasteiger partial charge in [0.05, 0.1) is 24.8 Å². The monoisotopic (exact) mass is 320 g/mol. The summed E-state index contributed by atoms with van der Waals surface area (Å²) < 4.78 is 10.3. The molecule has 2 N–H and O–H groups in total. The van der Waals surface area contributed by atoms with Crippen molar-refractivity contribution in [3.05, 3.63) is 35.4 Å². The van der Waals surface area contributed by atoms with Gasteiger partial charge in [0, 0.05) is 0 Å². The highest BCUT2D eigenvalue weighted by molar-refractivity contribution is 5.80. The minimum atomic E-state index is -1.24. The summed E-state index contributed by atoms with van der Waals surface area (Å²) in [5, 5.41) is 20.3. The van der Waals surface area contributed by atoms with Crippen LogP contribution in [0.25, 0.3) is 0 Å². The van der Waals surface area contributed by atoms with Crippen molar-refractivity contribution in [2.75, 3.05) is 6.61 Å². The van der Waals surface area contributed by atoms with Crippen molar-refractivity contribution in [1.82, 2.24) is 5.32 Å². The molecule has 23 heavy (non-hydrogen) atoms. The molecule has 0 saturated heterocycles. The molecule has 0 heterocycles. The number of carboxylic acid groups (broad SMARTS) is 1. The van der Waals surface area contributed by atoms with E-state index in [9.17, 15) is 9.59 Å². The van der Waals surface area contributed by atoms with Crippen LogP contribution in [0, 0.1) is 11.3 Å². The number of rotatable bonds is 6. The number of alkyl carbamates (subject to hydrolysis) is 1. The Hall–Kier alpha value is -2.59. The van der Waals surface area contributed by atoms with Gasteiger partial charge < -0.3 is 19.9 Å². The van der Waals surface area contributed by atoms with Crippen molar-refractivity contribution in [3.63, 3.8) is 0 Å². The fraction of sp³-hybridized carbons (Fsp3) is 0.438. The summed E-state index contributed by atoms with van der Waals surface area (Å²) in [5.41, 5.74) is 0.385. The second kappa shape index (κ2) is 8.15. The summed E-state index contributed by atoms with van der Waals surface area (Å²) in [7, 11) is 0. The van der Waals surface area contributed by atoms with E-state index in [0.717, 1.165) is 0 Å². The standard InChI is InChI=1S/C16H20N2O5/c1-16(2,3)23-15(21)18-13(14(19)20)10-22-9-12-7-5-4-6-11(12)8-17/h4-7,13H,9-10H2,1-3H3,(H,18,21)(H,19,20)/t13-/m1/s1. The molecule has 0 aromatic heterocycles. The van der Waals surface area contributed by atoms with Crippen LogP contribution in [0.2, 0.25) is 0 Å². The Morgan fingerprint density at radius 1 is 1.35 bits per heavy atom. The predicted octanol–water partition coefficient (Wildman–Crippen LogP) is 2.05. The van der Waals surface area contributed by atoms with Crippen LogP contribution in [0.3, 0.4) is 0 Å². The third-order valence-corrected chi connectivity index (χ3v) is 2.67. The SMILES string of the molecule is CC(C)(C)OC(=O)N[C@H](COCc1ccccc1C#N)C(=O)O. The lowest BCUT2D eigenvalue weighted by Gasteiger charge is -2.22. The highest BCUT2D eigenvalue weighted by atomic mass is 16.6. The van der Waals surface area contributed by atoms with Gasteiger partial charge in [0.2, 0.25) is 0 Å². The maximum atomic E-state index is 11.6. The van der Waals surface area contributed by atoms with Gasteiger partial charge in [-0.3, -0.25) is 0 Å². The third-order valence-electron chi connectivity index (χ3n) is 2.67. The number of hydrogen-bond donors (Lipinski definition) is 2. The Morgan fingerprint density at radius 3 is 2.57 bits per heavy atom. The van der Waals surface area contributed by atoms with Gasteiger partial charge in [-0.15, -0.1) is 0 Å². The zero-order valence-electron chi connectivity index (χ0n) is 13.3. The Bertz CT molecular complexity index is 601. The van der Waals surface area contributed by atoms with Gasteiger partial charge in [-0.1, -0.05) is 18.2 Å². The lowest BCUT2D eigenvalue weighted by molar-refractivity contribution is -0.141. The van der Waals surface area contributed by atoms with Gasteiger partial charge in [-0.2, -0.15) is 5.26 Å². The predicted molar refractivity (Wildman–Crippen MR) is 81.6 cm³/mol. The molecule has 1 aromatic rings. The lowest BCUT2D eigenvalue weighted by atomic mass is 10.1. The van der Waals surface area contributed by atoms with E-state index in [1.54, 1.807) is 45.0 Å². The van der Waals surface area contributed by atoms with E-state index in [1.165, 1.54) is 0 Å². The van der Waals surface area contributed by atoms with Crippen molar-refractivity contribution in [3.8, 4) is 6.07 Å². The van der Waals surface area contributed by atoms with Gasteiger partial charge in [-0.25, -0.2) is 9.59 Å². The van der Waals surface area contributed by atoms with E-state index in [0.29, 0.717) is 11.1 Å². The average molecular weight is 320 g/mol. The first-order chi connectivity index (χ1) is 10.7. The highest BCUT2D eigenvalue weighted by Crippen LogP contribution is 2.09. The normalized spacial score (nSPS) is 12.1. The van der Waals surface area contributed by atoms with Crippen molar-refractivity contribution in [2.24, 2.45) is 0 Å². The smallest absolute Gasteiger partial charge is 0.408 e. The second-order valence-corrected chi connectivity index (χ2v) is 5.82. The van der Waals surface area contributed by atoms with E-state index in [-0.39, 0.29) is 13.2 Å². The number of nitrogens with zero attached hydrogens (tertiary/aromatic N) is 1. The third kappa shape index (κ3) is 6.80. The molecule has 0 aliphatic rings. The van der Waals surface area contributed by atoms with E-state index in [2.05, 4.69) is 5.32 Å². The summed E-state index contributed by atoms with van der Waals surface area (Å²) >= 11 is 0. The lowest BCUT2D eigenvalue weighted by Crippen LogP contribution is -2.46. The maximum absolute atomic E-state index is 11.6. The molecule has 0 fully saturated rings. The Kier molecular flexibility index (Phi) is 6.54. The molecule has 0 aliphatic heterocycles. The fourth-order valence-electron chi connectivity index (χ4n) is 1.67. The van der Waals surface area contributed by atoms with E-state index in [4.69, 9.17) is 19.8 Å². The molecule has 0 unspecified atom stereocenters. The summed E-state index contributed by atoms with van der Waals surface area (Å²) in [5.74, 6) is -1.23. The average Bonchev–Trinajstić information content (AvgIpc) is 2.44. The molecule has 7 heteroatoms. The molecule has 0 bridgehead atoms. The zero-order valence-corrected chi connectivity index (χ0v) is 13.3. The largest absolute Gasteiger partial charge is 0.480 e. The topological polar surface area (TPSA) is 109 Å². The van der Waals surface area contributed by atoms with E-state index in [1.807, 2.05) is 6.07 Å². The first kappa shape index (κ1) is 18.5. The molecule has 0 saturated carbocycles. The minimum Gasteiger partial charge on any atom is -0.480 e. The van der Waals surface area contributed by atoms with Crippen LogP contribution in [-0.4, -0.2) is 35.4 Å². The quantitative estimate of drug-likeness (QED) is 0.830. The number of ether oxygens (including phenoxy) is 2. The van der Waals surface area contributed by atoms with Crippen LogP contribution in [0.1, 0.15) is 31.9 Å². The first-order valence-electron chi connectivity index (χ1n) is 7.01. The molecule has 1 amide bonds. The molecule has 0 radical (unpaired) electrons. The molecule has 0 spiro atoms. The van der Waals surface area contributed by atoms with Crippen LogP contribution in [0.5, 0.6) is 0 Å². The Balaban J connectivity index is 2.56. The summed E-state index contributed by atoms with van der Waals surface area (Å²) in [6.45, 7) is 4.87. The zero-order chi connectivity index (χ0) is 17.5. The number of hydrogen-bond acceptors (Lipinski definition) is 5. The summed E-state index contributed by atoms with van der Waals surface area (Å²) in [6.07, 6.45) is -0.828. The fourth-order valence-corrected chi connectivity index (χ4v) is 1.67. The molecule has 0 aliphatic carbocycles. The number of carboxylic acids is 1. The van der Waals surface area contributed by atoms with Crippen LogP contribution in [-0.2, 0) is 20.9 Å². The van der Waals surface area contributed by atoms with E-state index < -0.39 is 23.7 Å².